The first kappa shape index (κ1) is 23.1. The molecule has 7 nitrogen and oxygen atoms in total. The third-order valence-corrected chi connectivity index (χ3v) is 7.75. The fraction of sp³-hybridized carbons (Fsp3) is 0.185. The van der Waals surface area contributed by atoms with Crippen LogP contribution in [-0.4, -0.2) is 54.0 Å². The average molecular weight is 532 g/mol. The SMILES string of the molecule is Fc1ccc(-c2cncc3[nH]c(-c4n[nH]c5ncc(-c6cncc(CN7CCC(F)(F)C7)c6)cc45)cc23)s1. The lowest BCUT2D eigenvalue weighted by Gasteiger charge is -2.15. The van der Waals surface area contributed by atoms with Gasteiger partial charge in [0.1, 0.15) is 5.69 Å². The van der Waals surface area contributed by atoms with E-state index in [1.165, 1.54) is 6.07 Å². The van der Waals surface area contributed by atoms with Crippen molar-refractivity contribution in [3.8, 4) is 33.0 Å². The molecule has 0 radical (unpaired) electrons. The van der Waals surface area contributed by atoms with Gasteiger partial charge in [-0.2, -0.15) is 9.49 Å². The zero-order chi connectivity index (χ0) is 25.9. The number of hydrogen-bond acceptors (Lipinski definition) is 6. The molecule has 7 heterocycles. The average Bonchev–Trinajstić information content (AvgIpc) is 3.69. The minimum Gasteiger partial charge on any atom is -0.352 e. The van der Waals surface area contributed by atoms with Crippen molar-refractivity contribution in [3.05, 3.63) is 72.0 Å². The molecule has 1 aliphatic rings. The number of nitrogens with one attached hydrogen (secondary N) is 2. The van der Waals surface area contributed by atoms with E-state index in [-0.39, 0.29) is 18.1 Å². The summed E-state index contributed by atoms with van der Waals surface area (Å²) in [5, 5.41) is 8.99. The molecule has 1 saturated heterocycles. The lowest BCUT2D eigenvalue weighted by atomic mass is 10.1. The Labute approximate surface area is 218 Å². The van der Waals surface area contributed by atoms with Crippen LogP contribution >= 0.6 is 11.3 Å². The van der Waals surface area contributed by atoms with Gasteiger partial charge in [0.15, 0.2) is 10.8 Å². The van der Waals surface area contributed by atoms with Gasteiger partial charge >= 0.3 is 0 Å². The van der Waals surface area contributed by atoms with E-state index in [0.29, 0.717) is 24.4 Å². The van der Waals surface area contributed by atoms with Crippen molar-refractivity contribution in [2.45, 2.75) is 18.9 Å². The molecule has 2 N–H and O–H groups in total. The number of fused-ring (bicyclic) bond motifs is 2. The molecule has 6 aromatic heterocycles. The topological polar surface area (TPSA) is 86.4 Å². The maximum absolute atomic E-state index is 13.7. The molecular weight excluding hydrogens is 511 g/mol. The van der Waals surface area contributed by atoms with Crippen LogP contribution < -0.4 is 0 Å². The summed E-state index contributed by atoms with van der Waals surface area (Å²) in [5.74, 6) is -2.63. The number of H-pyrrole nitrogens is 2. The second kappa shape index (κ2) is 8.74. The van der Waals surface area contributed by atoms with Crippen molar-refractivity contribution in [3.63, 3.8) is 0 Å². The van der Waals surface area contributed by atoms with Crippen molar-refractivity contribution in [2.24, 2.45) is 0 Å². The van der Waals surface area contributed by atoms with E-state index in [1.807, 2.05) is 18.2 Å². The molecule has 7 rings (SSSR count). The monoisotopic (exact) mass is 531 g/mol. The van der Waals surface area contributed by atoms with Gasteiger partial charge in [0.05, 0.1) is 24.0 Å². The largest absolute Gasteiger partial charge is 0.352 e. The van der Waals surface area contributed by atoms with Crippen LogP contribution in [0.4, 0.5) is 13.2 Å². The number of alkyl halides is 2. The molecule has 190 valence electrons. The van der Waals surface area contributed by atoms with Gasteiger partial charge in [-0.05, 0) is 35.9 Å². The summed E-state index contributed by atoms with van der Waals surface area (Å²) in [5.41, 5.74) is 6.31. The number of pyridine rings is 3. The highest BCUT2D eigenvalue weighted by atomic mass is 32.1. The fourth-order valence-corrected chi connectivity index (χ4v) is 5.79. The van der Waals surface area contributed by atoms with Crippen molar-refractivity contribution in [1.82, 2.24) is 35.0 Å². The summed E-state index contributed by atoms with van der Waals surface area (Å²) in [4.78, 5) is 19.2. The molecule has 1 aliphatic heterocycles. The van der Waals surface area contributed by atoms with Crippen LogP contribution in [0.1, 0.15) is 12.0 Å². The molecule has 0 amide bonds. The van der Waals surface area contributed by atoms with Gasteiger partial charge in [-0.1, -0.05) is 0 Å². The summed E-state index contributed by atoms with van der Waals surface area (Å²) < 4.78 is 40.9. The van der Waals surface area contributed by atoms with E-state index >= 15 is 0 Å². The summed E-state index contributed by atoms with van der Waals surface area (Å²) in [6.45, 7) is 0.557. The Balaban J connectivity index is 1.24. The summed E-state index contributed by atoms with van der Waals surface area (Å²) in [6.07, 6.45) is 8.55. The van der Waals surface area contributed by atoms with E-state index < -0.39 is 5.92 Å². The molecule has 6 aromatic rings. The quantitative estimate of drug-likeness (QED) is 0.274. The molecule has 1 fully saturated rings. The van der Waals surface area contributed by atoms with E-state index in [4.69, 9.17) is 0 Å². The molecule has 0 unspecified atom stereocenters. The minimum atomic E-state index is -2.63. The first-order chi connectivity index (χ1) is 18.4. The lowest BCUT2D eigenvalue weighted by molar-refractivity contribution is 0.0115. The number of likely N-dealkylation sites (tertiary alicyclic amines) is 1. The van der Waals surface area contributed by atoms with Gasteiger partial charge < -0.3 is 4.98 Å². The predicted molar refractivity (Wildman–Crippen MR) is 140 cm³/mol. The third kappa shape index (κ3) is 4.13. The van der Waals surface area contributed by atoms with Gasteiger partial charge in [-0.15, -0.1) is 11.3 Å². The first-order valence-electron chi connectivity index (χ1n) is 12.0. The van der Waals surface area contributed by atoms with Crippen molar-refractivity contribution >= 4 is 33.3 Å². The van der Waals surface area contributed by atoms with Crippen molar-refractivity contribution in [1.29, 1.82) is 0 Å². The number of rotatable bonds is 5. The summed E-state index contributed by atoms with van der Waals surface area (Å²) in [7, 11) is 0. The summed E-state index contributed by atoms with van der Waals surface area (Å²) >= 11 is 1.08. The van der Waals surface area contributed by atoms with Crippen molar-refractivity contribution in [2.75, 3.05) is 13.1 Å². The normalized spacial score (nSPS) is 15.7. The van der Waals surface area contributed by atoms with Crippen molar-refractivity contribution < 1.29 is 13.2 Å². The van der Waals surface area contributed by atoms with Gasteiger partial charge in [-0.25, -0.2) is 13.8 Å². The Morgan fingerprint density at radius 3 is 2.66 bits per heavy atom. The van der Waals surface area contributed by atoms with Crippen LogP contribution in [0.25, 0.3) is 54.9 Å². The number of aromatic amines is 2. The van der Waals surface area contributed by atoms with Crippen LogP contribution in [0.3, 0.4) is 0 Å². The zero-order valence-electron chi connectivity index (χ0n) is 19.9. The molecule has 0 spiro atoms. The Kier molecular flexibility index (Phi) is 5.31. The van der Waals surface area contributed by atoms with Crippen LogP contribution in [0.5, 0.6) is 0 Å². The summed E-state index contributed by atoms with van der Waals surface area (Å²) in [6, 6.07) is 9.14. The number of thiophene rings is 1. The Morgan fingerprint density at radius 2 is 1.84 bits per heavy atom. The highest BCUT2D eigenvalue weighted by Gasteiger charge is 2.37. The molecule has 0 aromatic carbocycles. The van der Waals surface area contributed by atoms with Gasteiger partial charge in [0, 0.05) is 76.6 Å². The van der Waals surface area contributed by atoms with E-state index in [1.54, 1.807) is 42.0 Å². The second-order valence-electron chi connectivity index (χ2n) is 9.53. The zero-order valence-corrected chi connectivity index (χ0v) is 20.7. The van der Waals surface area contributed by atoms with Crippen LogP contribution in [0.15, 0.2) is 61.3 Å². The maximum Gasteiger partial charge on any atom is 0.261 e. The minimum absolute atomic E-state index is 0.112. The molecule has 0 aliphatic carbocycles. The Morgan fingerprint density at radius 1 is 0.974 bits per heavy atom. The van der Waals surface area contributed by atoms with Crippen LogP contribution in [0.2, 0.25) is 0 Å². The molecule has 0 bridgehead atoms. The van der Waals surface area contributed by atoms with E-state index in [2.05, 4.69) is 30.1 Å². The molecule has 0 saturated carbocycles. The first-order valence-corrected chi connectivity index (χ1v) is 12.8. The molecule has 0 atom stereocenters. The third-order valence-electron chi connectivity index (χ3n) is 6.84. The number of aromatic nitrogens is 6. The number of nitrogens with zero attached hydrogens (tertiary/aromatic N) is 5. The van der Waals surface area contributed by atoms with Crippen LogP contribution in [0, 0.1) is 5.13 Å². The van der Waals surface area contributed by atoms with E-state index in [9.17, 15) is 13.2 Å². The Hall–Kier alpha value is -4.09. The highest BCUT2D eigenvalue weighted by Crippen LogP contribution is 2.36. The Bertz CT molecular complexity index is 1810. The maximum atomic E-state index is 13.7. The number of hydrogen-bond donors (Lipinski definition) is 2. The standard InChI is InChI=1S/C27H20F3N7S/c28-24-2-1-23(38-24)20-11-32-12-22-18(20)7-21(34-22)25-19-6-17(10-33-26(19)36-35-25)16-5-15(8-31-9-16)13-37-4-3-27(29,30)14-37/h1-2,5-12,34H,3-4,13-14H2,(H,33,35,36). The van der Waals surface area contributed by atoms with Gasteiger partial charge in [0.25, 0.3) is 5.92 Å². The van der Waals surface area contributed by atoms with E-state index in [0.717, 1.165) is 60.5 Å². The number of halogens is 3. The van der Waals surface area contributed by atoms with Gasteiger partial charge in [-0.3, -0.25) is 20.0 Å². The fourth-order valence-electron chi connectivity index (χ4n) is 5.03. The lowest BCUT2D eigenvalue weighted by Crippen LogP contribution is -2.24. The smallest absolute Gasteiger partial charge is 0.261 e. The van der Waals surface area contributed by atoms with Gasteiger partial charge in [0.2, 0.25) is 0 Å². The molecule has 38 heavy (non-hydrogen) atoms. The van der Waals surface area contributed by atoms with Crippen LogP contribution in [-0.2, 0) is 6.54 Å². The molecule has 11 heteroatoms. The molecular formula is C27H20F3N7S. The second-order valence-corrected chi connectivity index (χ2v) is 10.6. The highest BCUT2D eigenvalue weighted by molar-refractivity contribution is 7.14. The predicted octanol–water partition coefficient (Wildman–Crippen LogP) is 6.27.